The van der Waals surface area contributed by atoms with E-state index in [1.807, 2.05) is 6.92 Å². The topological polar surface area (TPSA) is 66.4 Å². The third-order valence-electron chi connectivity index (χ3n) is 4.29. The number of carboxylic acids is 1. The lowest BCUT2D eigenvalue weighted by atomic mass is 10.0. The second kappa shape index (κ2) is 6.80. The summed E-state index contributed by atoms with van der Waals surface area (Å²) in [6.45, 7) is 1.88. The van der Waals surface area contributed by atoms with Crippen molar-refractivity contribution >= 4 is 33.7 Å². The highest BCUT2D eigenvalue weighted by atomic mass is 32.2. The Kier molecular flexibility index (Phi) is 4.72. The number of halogens is 1. The van der Waals surface area contributed by atoms with Gasteiger partial charge < -0.3 is 10.4 Å². The van der Waals surface area contributed by atoms with Crippen LogP contribution in [0.5, 0.6) is 0 Å². The summed E-state index contributed by atoms with van der Waals surface area (Å²) in [5, 5.41) is 12.3. The highest BCUT2D eigenvalue weighted by Crippen LogP contribution is 2.40. The van der Waals surface area contributed by atoms with Gasteiger partial charge >= 0.3 is 5.97 Å². The van der Waals surface area contributed by atoms with Crippen LogP contribution in [0.2, 0.25) is 0 Å². The number of aliphatic carboxylic acids is 1. The molecule has 2 aromatic carbocycles. The number of nitrogens with one attached hydrogen (secondary N) is 1. The predicted molar refractivity (Wildman–Crippen MR) is 97.0 cm³/mol. The van der Waals surface area contributed by atoms with Gasteiger partial charge in [-0.1, -0.05) is 5.57 Å². The molecule has 1 atom stereocenters. The molecule has 0 aliphatic heterocycles. The zero-order chi connectivity index (χ0) is 18.1. The Hall–Kier alpha value is -2.47. The molecule has 0 radical (unpaired) electrons. The van der Waals surface area contributed by atoms with Crippen LogP contribution in [0.1, 0.15) is 24.5 Å². The van der Waals surface area contributed by atoms with Gasteiger partial charge in [0.25, 0.3) is 0 Å². The summed E-state index contributed by atoms with van der Waals surface area (Å²) in [4.78, 5) is 11.8. The average Bonchev–Trinajstić information content (AvgIpc) is 2.84. The first-order valence-electron chi connectivity index (χ1n) is 7.79. The van der Waals surface area contributed by atoms with Crippen molar-refractivity contribution in [2.75, 3.05) is 11.6 Å². The van der Waals surface area contributed by atoms with E-state index in [0.717, 1.165) is 21.7 Å². The SMILES string of the molecule is CC1=C(CC(=O)O)c2cc(F)cc(Nc3ccc(S(C)=O)cc3)c2C1. The van der Waals surface area contributed by atoms with Crippen LogP contribution in [0.3, 0.4) is 0 Å². The third-order valence-corrected chi connectivity index (χ3v) is 5.23. The van der Waals surface area contributed by atoms with E-state index in [2.05, 4.69) is 5.32 Å². The van der Waals surface area contributed by atoms with E-state index in [1.54, 1.807) is 30.5 Å². The van der Waals surface area contributed by atoms with Gasteiger partial charge in [0.1, 0.15) is 5.82 Å². The monoisotopic (exact) mass is 359 g/mol. The minimum Gasteiger partial charge on any atom is -0.481 e. The molecular formula is C19H18FNO3S. The van der Waals surface area contributed by atoms with Crippen molar-refractivity contribution in [3.8, 4) is 0 Å². The molecule has 130 valence electrons. The minimum atomic E-state index is -1.05. The standard InChI is InChI=1S/C19H18FNO3S/c1-11-7-17-16(15(11)10-19(22)23)8-12(20)9-18(17)21-13-3-5-14(6-4-13)25(2)24/h3-6,8-9,21H,7,10H2,1-2H3,(H,22,23). The van der Waals surface area contributed by atoms with E-state index in [9.17, 15) is 13.4 Å². The van der Waals surface area contributed by atoms with Gasteiger partial charge in [-0.25, -0.2) is 4.39 Å². The fourth-order valence-electron chi connectivity index (χ4n) is 3.09. The van der Waals surface area contributed by atoms with Crippen molar-refractivity contribution in [3.63, 3.8) is 0 Å². The van der Waals surface area contributed by atoms with Crippen molar-refractivity contribution in [2.45, 2.75) is 24.7 Å². The number of allylic oxidation sites excluding steroid dienone is 1. The molecule has 2 N–H and O–H groups in total. The molecule has 2 aromatic rings. The first kappa shape index (κ1) is 17.4. The van der Waals surface area contributed by atoms with Crippen LogP contribution in [0.25, 0.3) is 5.57 Å². The van der Waals surface area contributed by atoms with Gasteiger partial charge in [-0.2, -0.15) is 0 Å². The second-order valence-electron chi connectivity index (χ2n) is 6.09. The Bertz CT molecular complexity index is 904. The summed E-state index contributed by atoms with van der Waals surface area (Å²) in [5.74, 6) is -1.34. The van der Waals surface area contributed by atoms with Crippen LogP contribution in [-0.2, 0) is 22.0 Å². The van der Waals surface area contributed by atoms with Crippen LogP contribution >= 0.6 is 0 Å². The fraction of sp³-hybridized carbons (Fsp3) is 0.211. The average molecular weight is 359 g/mol. The number of hydrogen-bond acceptors (Lipinski definition) is 3. The molecule has 0 heterocycles. The third kappa shape index (κ3) is 3.64. The summed E-state index contributed by atoms with van der Waals surface area (Å²) in [6.07, 6.45) is 2.09. The molecule has 0 saturated heterocycles. The van der Waals surface area contributed by atoms with Crippen LogP contribution in [0.4, 0.5) is 15.8 Å². The molecule has 0 spiro atoms. The minimum absolute atomic E-state index is 0.112. The molecule has 0 amide bonds. The molecule has 1 aliphatic carbocycles. The van der Waals surface area contributed by atoms with Crippen LogP contribution in [0, 0.1) is 5.82 Å². The Balaban J connectivity index is 1.95. The zero-order valence-corrected chi connectivity index (χ0v) is 14.7. The molecule has 0 aromatic heterocycles. The van der Waals surface area contributed by atoms with Gasteiger partial charge in [-0.05, 0) is 66.4 Å². The van der Waals surface area contributed by atoms with E-state index < -0.39 is 22.6 Å². The van der Waals surface area contributed by atoms with Crippen molar-refractivity contribution in [1.82, 2.24) is 0 Å². The van der Waals surface area contributed by atoms with Crippen molar-refractivity contribution in [1.29, 1.82) is 0 Å². The van der Waals surface area contributed by atoms with Crippen molar-refractivity contribution in [3.05, 3.63) is 58.9 Å². The Morgan fingerprint density at radius 2 is 1.96 bits per heavy atom. The van der Waals surface area contributed by atoms with Gasteiger partial charge in [0, 0.05) is 33.3 Å². The number of carbonyl (C=O) groups is 1. The number of hydrogen-bond donors (Lipinski definition) is 2. The van der Waals surface area contributed by atoms with Gasteiger partial charge in [-0.3, -0.25) is 9.00 Å². The summed E-state index contributed by atoms with van der Waals surface area (Å²) in [5.41, 5.74) is 4.57. The van der Waals surface area contributed by atoms with Gasteiger partial charge in [0.2, 0.25) is 0 Å². The molecule has 6 heteroatoms. The molecule has 1 unspecified atom stereocenters. The lowest BCUT2D eigenvalue weighted by molar-refractivity contribution is -0.135. The number of fused-ring (bicyclic) bond motifs is 1. The molecule has 4 nitrogen and oxygen atoms in total. The van der Waals surface area contributed by atoms with E-state index in [-0.39, 0.29) is 6.42 Å². The first-order chi connectivity index (χ1) is 11.8. The summed E-state index contributed by atoms with van der Waals surface area (Å²) in [6, 6.07) is 9.93. The quantitative estimate of drug-likeness (QED) is 0.843. The molecule has 1 aliphatic rings. The van der Waals surface area contributed by atoms with E-state index in [1.165, 1.54) is 12.1 Å². The molecule has 3 rings (SSSR count). The second-order valence-corrected chi connectivity index (χ2v) is 7.47. The maximum atomic E-state index is 14.1. The normalized spacial score (nSPS) is 14.4. The summed E-state index contributed by atoms with van der Waals surface area (Å²) in [7, 11) is -1.05. The van der Waals surface area contributed by atoms with E-state index in [0.29, 0.717) is 23.2 Å². The zero-order valence-electron chi connectivity index (χ0n) is 13.9. The lowest BCUT2D eigenvalue weighted by Crippen LogP contribution is -2.00. The molecule has 0 bridgehead atoms. The van der Waals surface area contributed by atoms with Crippen molar-refractivity contribution in [2.24, 2.45) is 0 Å². The Labute approximate surface area is 147 Å². The van der Waals surface area contributed by atoms with Crippen LogP contribution < -0.4 is 5.32 Å². The lowest BCUT2D eigenvalue weighted by Gasteiger charge is -2.13. The van der Waals surface area contributed by atoms with Crippen LogP contribution in [0.15, 0.2) is 46.9 Å². The van der Waals surface area contributed by atoms with Gasteiger partial charge in [0.15, 0.2) is 0 Å². The van der Waals surface area contributed by atoms with Crippen LogP contribution in [-0.4, -0.2) is 21.5 Å². The number of rotatable bonds is 5. The number of anilines is 2. The Morgan fingerprint density at radius 1 is 1.28 bits per heavy atom. The summed E-state index contributed by atoms with van der Waals surface area (Å²) >= 11 is 0. The van der Waals surface area contributed by atoms with Gasteiger partial charge in [0.05, 0.1) is 6.42 Å². The number of carboxylic acid groups (broad SMARTS) is 1. The van der Waals surface area contributed by atoms with Gasteiger partial charge in [-0.15, -0.1) is 0 Å². The molecule has 0 saturated carbocycles. The summed E-state index contributed by atoms with van der Waals surface area (Å²) < 4.78 is 25.5. The smallest absolute Gasteiger partial charge is 0.307 e. The highest BCUT2D eigenvalue weighted by molar-refractivity contribution is 7.84. The predicted octanol–water partition coefficient (Wildman–Crippen LogP) is 4.11. The number of benzene rings is 2. The Morgan fingerprint density at radius 3 is 2.56 bits per heavy atom. The molecular weight excluding hydrogens is 341 g/mol. The van der Waals surface area contributed by atoms with Crippen molar-refractivity contribution < 1.29 is 18.5 Å². The van der Waals surface area contributed by atoms with E-state index >= 15 is 0 Å². The molecule has 25 heavy (non-hydrogen) atoms. The highest BCUT2D eigenvalue weighted by Gasteiger charge is 2.24. The fourth-order valence-corrected chi connectivity index (χ4v) is 3.61. The molecule has 0 fully saturated rings. The maximum absolute atomic E-state index is 14.1. The maximum Gasteiger partial charge on any atom is 0.307 e. The first-order valence-corrected chi connectivity index (χ1v) is 9.34. The van der Waals surface area contributed by atoms with E-state index in [4.69, 9.17) is 5.11 Å². The largest absolute Gasteiger partial charge is 0.481 e.